The van der Waals surface area contributed by atoms with E-state index in [9.17, 15) is 0 Å². The zero-order valence-electron chi connectivity index (χ0n) is 7.33. The van der Waals surface area contributed by atoms with Gasteiger partial charge in [-0.3, -0.25) is 0 Å². The van der Waals surface area contributed by atoms with E-state index in [1.807, 2.05) is 11.8 Å². The standard InChI is InChI=1S/C7H18N2S.2ClH/c8-4-1-2-6-10-7-3-5-9;;/h1-9H2;2*1H. The molecule has 0 spiro atoms. The molecule has 0 bridgehead atoms. The Hall–Kier alpha value is 0.850. The number of halogens is 2. The van der Waals surface area contributed by atoms with E-state index >= 15 is 0 Å². The topological polar surface area (TPSA) is 52.0 Å². The lowest BCUT2D eigenvalue weighted by molar-refractivity contribution is 0.813. The monoisotopic (exact) mass is 234 g/mol. The summed E-state index contributed by atoms with van der Waals surface area (Å²) in [5.74, 6) is 2.46. The summed E-state index contributed by atoms with van der Waals surface area (Å²) in [6.07, 6.45) is 3.56. The fourth-order valence-corrected chi connectivity index (χ4v) is 1.62. The molecule has 4 N–H and O–H groups in total. The van der Waals surface area contributed by atoms with Crippen molar-refractivity contribution in [1.82, 2.24) is 0 Å². The molecule has 0 saturated heterocycles. The van der Waals surface area contributed by atoms with Gasteiger partial charge < -0.3 is 11.5 Å². The molecule has 2 nitrogen and oxygen atoms in total. The average molecular weight is 235 g/mol. The van der Waals surface area contributed by atoms with Crippen LogP contribution in [0.5, 0.6) is 0 Å². The van der Waals surface area contributed by atoms with Gasteiger partial charge in [-0.1, -0.05) is 0 Å². The maximum atomic E-state index is 5.34. The number of nitrogens with two attached hydrogens (primary N) is 2. The molecule has 0 aliphatic rings. The van der Waals surface area contributed by atoms with Gasteiger partial charge in [-0.05, 0) is 43.9 Å². The van der Waals surface area contributed by atoms with E-state index in [4.69, 9.17) is 11.5 Å². The molecular weight excluding hydrogens is 215 g/mol. The smallest absolute Gasteiger partial charge is 0.00555 e. The largest absolute Gasteiger partial charge is 0.330 e. The second-order valence-corrected chi connectivity index (χ2v) is 3.48. The van der Waals surface area contributed by atoms with Gasteiger partial charge in [0.2, 0.25) is 0 Å². The predicted octanol–water partition coefficient (Wildman–Crippen LogP) is 1.65. The summed E-state index contributed by atoms with van der Waals surface area (Å²) in [6.45, 7) is 1.65. The molecule has 12 heavy (non-hydrogen) atoms. The summed E-state index contributed by atoms with van der Waals surface area (Å²) in [6, 6.07) is 0. The number of unbranched alkanes of at least 4 members (excludes halogenated alkanes) is 1. The van der Waals surface area contributed by atoms with Gasteiger partial charge in [0.15, 0.2) is 0 Å². The Balaban J connectivity index is -0.000000405. The van der Waals surface area contributed by atoms with E-state index in [-0.39, 0.29) is 24.8 Å². The van der Waals surface area contributed by atoms with Crippen LogP contribution in [0.4, 0.5) is 0 Å². The van der Waals surface area contributed by atoms with E-state index in [2.05, 4.69) is 0 Å². The van der Waals surface area contributed by atoms with E-state index in [1.165, 1.54) is 17.9 Å². The number of hydrogen-bond acceptors (Lipinski definition) is 3. The van der Waals surface area contributed by atoms with Crippen LogP contribution in [0.1, 0.15) is 19.3 Å². The summed E-state index contributed by atoms with van der Waals surface area (Å²) in [5.41, 5.74) is 10.7. The predicted molar refractivity (Wildman–Crippen MR) is 63.8 cm³/mol. The molecule has 0 aliphatic heterocycles. The lowest BCUT2D eigenvalue weighted by Gasteiger charge is -1.98. The SMILES string of the molecule is Cl.Cl.NCCCCSCCCN. The minimum absolute atomic E-state index is 0. The molecule has 0 rings (SSSR count). The minimum Gasteiger partial charge on any atom is -0.330 e. The highest BCUT2D eigenvalue weighted by atomic mass is 35.5. The quantitative estimate of drug-likeness (QED) is 0.660. The van der Waals surface area contributed by atoms with Gasteiger partial charge in [-0.15, -0.1) is 24.8 Å². The van der Waals surface area contributed by atoms with Crippen LogP contribution in [-0.4, -0.2) is 24.6 Å². The van der Waals surface area contributed by atoms with Gasteiger partial charge in [-0.2, -0.15) is 11.8 Å². The molecule has 0 atom stereocenters. The third-order valence-corrected chi connectivity index (χ3v) is 2.39. The van der Waals surface area contributed by atoms with Gasteiger partial charge >= 0.3 is 0 Å². The Morgan fingerprint density at radius 1 is 0.750 bits per heavy atom. The van der Waals surface area contributed by atoms with Crippen LogP contribution in [0.3, 0.4) is 0 Å². The maximum Gasteiger partial charge on any atom is -0.00555 e. The fraction of sp³-hybridized carbons (Fsp3) is 1.00. The van der Waals surface area contributed by atoms with Crippen molar-refractivity contribution in [2.45, 2.75) is 19.3 Å². The molecule has 0 aromatic rings. The first kappa shape index (κ1) is 18.6. The molecule has 0 fully saturated rings. The van der Waals surface area contributed by atoms with E-state index < -0.39 is 0 Å². The van der Waals surface area contributed by atoms with Crippen molar-refractivity contribution in [2.75, 3.05) is 24.6 Å². The van der Waals surface area contributed by atoms with Crippen molar-refractivity contribution in [3.63, 3.8) is 0 Å². The highest BCUT2D eigenvalue weighted by Crippen LogP contribution is 2.04. The highest BCUT2D eigenvalue weighted by Gasteiger charge is 1.87. The molecule has 0 aliphatic carbocycles. The minimum atomic E-state index is 0. The normalized spacial score (nSPS) is 8.50. The van der Waals surface area contributed by atoms with Crippen molar-refractivity contribution in [2.24, 2.45) is 11.5 Å². The third kappa shape index (κ3) is 17.1. The number of thioether (sulfide) groups is 1. The second kappa shape index (κ2) is 17.8. The average Bonchev–Trinajstić information content (AvgIpc) is 1.97. The van der Waals surface area contributed by atoms with Gasteiger partial charge in [-0.25, -0.2) is 0 Å². The van der Waals surface area contributed by atoms with E-state index in [0.717, 1.165) is 25.9 Å². The molecule has 0 aromatic heterocycles. The van der Waals surface area contributed by atoms with Crippen LogP contribution < -0.4 is 11.5 Å². The summed E-state index contributed by atoms with van der Waals surface area (Å²) in [4.78, 5) is 0. The molecule has 0 aromatic carbocycles. The van der Waals surface area contributed by atoms with Gasteiger partial charge in [0, 0.05) is 0 Å². The lowest BCUT2D eigenvalue weighted by Crippen LogP contribution is -2.01. The Morgan fingerprint density at radius 3 is 1.75 bits per heavy atom. The summed E-state index contributed by atoms with van der Waals surface area (Å²) in [5, 5.41) is 0. The molecule has 0 heterocycles. The van der Waals surface area contributed by atoms with Crippen molar-refractivity contribution in [1.29, 1.82) is 0 Å². The van der Waals surface area contributed by atoms with Crippen molar-refractivity contribution < 1.29 is 0 Å². The van der Waals surface area contributed by atoms with Crippen LogP contribution in [-0.2, 0) is 0 Å². The second-order valence-electron chi connectivity index (χ2n) is 2.25. The van der Waals surface area contributed by atoms with Crippen molar-refractivity contribution in [3.8, 4) is 0 Å². The molecular formula is C7H20Cl2N2S. The zero-order valence-corrected chi connectivity index (χ0v) is 9.78. The first-order chi connectivity index (χ1) is 4.91. The molecule has 78 valence electrons. The Kier molecular flexibility index (Phi) is 27.6. The van der Waals surface area contributed by atoms with Gasteiger partial charge in [0.05, 0.1) is 0 Å². The number of hydrogen-bond donors (Lipinski definition) is 2. The van der Waals surface area contributed by atoms with Crippen LogP contribution >= 0.6 is 36.6 Å². The summed E-state index contributed by atoms with van der Waals surface area (Å²) in [7, 11) is 0. The summed E-state index contributed by atoms with van der Waals surface area (Å²) < 4.78 is 0. The number of rotatable bonds is 7. The van der Waals surface area contributed by atoms with Gasteiger partial charge in [0.1, 0.15) is 0 Å². The Bertz CT molecular complexity index is 59.4. The first-order valence-electron chi connectivity index (χ1n) is 3.89. The van der Waals surface area contributed by atoms with Crippen LogP contribution in [0, 0.1) is 0 Å². The lowest BCUT2D eigenvalue weighted by atomic mass is 10.3. The zero-order chi connectivity index (χ0) is 7.66. The molecule has 0 saturated carbocycles. The molecule has 5 heteroatoms. The molecule has 0 amide bonds. The van der Waals surface area contributed by atoms with Crippen LogP contribution in [0.2, 0.25) is 0 Å². The Labute approximate surface area is 92.0 Å². The third-order valence-electron chi connectivity index (χ3n) is 1.24. The fourth-order valence-electron chi connectivity index (χ4n) is 0.636. The van der Waals surface area contributed by atoms with Crippen molar-refractivity contribution >= 4 is 36.6 Å². The van der Waals surface area contributed by atoms with Gasteiger partial charge in [0.25, 0.3) is 0 Å². The van der Waals surface area contributed by atoms with E-state index in [1.54, 1.807) is 0 Å². The van der Waals surface area contributed by atoms with E-state index in [0.29, 0.717) is 0 Å². The van der Waals surface area contributed by atoms with Crippen molar-refractivity contribution in [3.05, 3.63) is 0 Å². The first-order valence-corrected chi connectivity index (χ1v) is 5.05. The van der Waals surface area contributed by atoms with Crippen LogP contribution in [0.15, 0.2) is 0 Å². The van der Waals surface area contributed by atoms with Crippen LogP contribution in [0.25, 0.3) is 0 Å². The summed E-state index contributed by atoms with van der Waals surface area (Å²) >= 11 is 1.98. The maximum absolute atomic E-state index is 5.34. The highest BCUT2D eigenvalue weighted by molar-refractivity contribution is 7.99. The molecule has 0 radical (unpaired) electrons. The Morgan fingerprint density at radius 2 is 1.25 bits per heavy atom. The molecule has 0 unspecified atom stereocenters.